The highest BCUT2D eigenvalue weighted by atomic mass is 16.5. The van der Waals surface area contributed by atoms with E-state index in [1.165, 1.54) is 0 Å². The molecule has 0 fully saturated rings. The Morgan fingerprint density at radius 1 is 1.33 bits per heavy atom. The van der Waals surface area contributed by atoms with Gasteiger partial charge >= 0.3 is 0 Å². The smallest absolute Gasteiger partial charge is 0.216 e. The van der Waals surface area contributed by atoms with Crippen molar-refractivity contribution in [2.45, 2.75) is 6.54 Å². The van der Waals surface area contributed by atoms with Crippen LogP contribution in [0.2, 0.25) is 0 Å². The van der Waals surface area contributed by atoms with Gasteiger partial charge in [0.1, 0.15) is 0 Å². The van der Waals surface area contributed by atoms with E-state index in [4.69, 9.17) is 10.5 Å². The van der Waals surface area contributed by atoms with Crippen LogP contribution in [0.4, 0.5) is 0 Å². The molecular formula is C11H13N3O. The van der Waals surface area contributed by atoms with Gasteiger partial charge in [-0.1, -0.05) is 18.2 Å². The highest BCUT2D eigenvalue weighted by molar-refractivity contribution is 5.35. The number of ether oxygens (including phenoxy) is 1. The van der Waals surface area contributed by atoms with Crippen LogP contribution in [0, 0.1) is 0 Å². The van der Waals surface area contributed by atoms with Crippen molar-refractivity contribution in [1.82, 2.24) is 9.78 Å². The van der Waals surface area contributed by atoms with Crippen molar-refractivity contribution in [3.63, 3.8) is 0 Å². The molecule has 0 amide bonds. The first-order valence-electron chi connectivity index (χ1n) is 4.73. The second-order valence-corrected chi connectivity index (χ2v) is 3.13. The molecule has 0 aliphatic carbocycles. The van der Waals surface area contributed by atoms with E-state index in [1.807, 2.05) is 36.4 Å². The van der Waals surface area contributed by atoms with Gasteiger partial charge in [0.15, 0.2) is 0 Å². The van der Waals surface area contributed by atoms with Crippen molar-refractivity contribution in [3.05, 3.63) is 42.1 Å². The Morgan fingerprint density at radius 2 is 2.07 bits per heavy atom. The van der Waals surface area contributed by atoms with E-state index in [-0.39, 0.29) is 0 Å². The number of hydrogen-bond donors (Lipinski definition) is 1. The first-order valence-corrected chi connectivity index (χ1v) is 4.73. The highest BCUT2D eigenvalue weighted by Gasteiger charge is 2.07. The summed E-state index contributed by atoms with van der Waals surface area (Å²) in [6, 6.07) is 11.7. The molecule has 1 heterocycles. The SMILES string of the molecule is COc1cc(CN)nn1-c1ccccc1. The van der Waals surface area contributed by atoms with Crippen molar-refractivity contribution in [1.29, 1.82) is 0 Å². The second kappa shape index (κ2) is 4.14. The molecule has 0 saturated heterocycles. The van der Waals surface area contributed by atoms with Crippen LogP contribution in [0.5, 0.6) is 5.88 Å². The van der Waals surface area contributed by atoms with Crippen LogP contribution in [0.15, 0.2) is 36.4 Å². The zero-order valence-corrected chi connectivity index (χ0v) is 8.55. The molecule has 2 rings (SSSR count). The lowest BCUT2D eigenvalue weighted by molar-refractivity contribution is 0.383. The summed E-state index contributed by atoms with van der Waals surface area (Å²) in [5, 5.41) is 4.34. The first kappa shape index (κ1) is 9.73. The standard InChI is InChI=1S/C11H13N3O/c1-15-11-7-9(8-12)13-14(11)10-5-3-2-4-6-10/h2-7H,8,12H2,1H3. The van der Waals surface area contributed by atoms with Crippen LogP contribution in [-0.2, 0) is 6.54 Å². The van der Waals surface area contributed by atoms with Crippen LogP contribution in [0.25, 0.3) is 5.69 Å². The fraction of sp³-hybridized carbons (Fsp3) is 0.182. The average molecular weight is 203 g/mol. The Labute approximate surface area is 88.3 Å². The van der Waals surface area contributed by atoms with E-state index in [9.17, 15) is 0 Å². The van der Waals surface area contributed by atoms with Crippen molar-refractivity contribution < 1.29 is 4.74 Å². The van der Waals surface area contributed by atoms with Gasteiger partial charge < -0.3 is 10.5 Å². The van der Waals surface area contributed by atoms with Gasteiger partial charge in [-0.05, 0) is 12.1 Å². The normalized spacial score (nSPS) is 10.3. The number of benzene rings is 1. The molecule has 0 atom stereocenters. The minimum atomic E-state index is 0.413. The number of methoxy groups -OCH3 is 1. The monoisotopic (exact) mass is 203 g/mol. The molecule has 0 saturated carbocycles. The number of nitrogens with zero attached hydrogens (tertiary/aromatic N) is 2. The van der Waals surface area contributed by atoms with Crippen molar-refractivity contribution in [3.8, 4) is 11.6 Å². The van der Waals surface area contributed by atoms with Gasteiger partial charge in [0, 0.05) is 12.6 Å². The molecule has 0 radical (unpaired) electrons. The number of para-hydroxylation sites is 1. The quantitative estimate of drug-likeness (QED) is 0.819. The zero-order chi connectivity index (χ0) is 10.7. The van der Waals surface area contributed by atoms with E-state index >= 15 is 0 Å². The average Bonchev–Trinajstić information content (AvgIpc) is 2.73. The third-order valence-electron chi connectivity index (χ3n) is 2.15. The maximum atomic E-state index is 5.53. The lowest BCUT2D eigenvalue weighted by atomic mass is 10.3. The van der Waals surface area contributed by atoms with Gasteiger partial charge in [-0.3, -0.25) is 0 Å². The largest absolute Gasteiger partial charge is 0.481 e. The molecule has 0 spiro atoms. The fourth-order valence-corrected chi connectivity index (χ4v) is 1.41. The summed E-state index contributed by atoms with van der Waals surface area (Å²) in [6.07, 6.45) is 0. The molecular weight excluding hydrogens is 190 g/mol. The lowest BCUT2D eigenvalue weighted by Gasteiger charge is -2.04. The Hall–Kier alpha value is -1.81. The number of rotatable bonds is 3. The molecule has 2 aromatic rings. The molecule has 1 aromatic carbocycles. The number of nitrogens with two attached hydrogens (primary N) is 1. The van der Waals surface area contributed by atoms with Gasteiger partial charge in [-0.15, -0.1) is 0 Å². The minimum Gasteiger partial charge on any atom is -0.481 e. The molecule has 0 aliphatic rings. The summed E-state index contributed by atoms with van der Waals surface area (Å²) in [5.74, 6) is 0.696. The molecule has 15 heavy (non-hydrogen) atoms. The van der Waals surface area contributed by atoms with E-state index < -0.39 is 0 Å². The van der Waals surface area contributed by atoms with E-state index in [2.05, 4.69) is 5.10 Å². The predicted molar refractivity (Wildman–Crippen MR) is 58.0 cm³/mol. The molecule has 0 aliphatic heterocycles. The zero-order valence-electron chi connectivity index (χ0n) is 8.55. The van der Waals surface area contributed by atoms with Crippen LogP contribution in [0.1, 0.15) is 5.69 Å². The Bertz CT molecular complexity index is 436. The van der Waals surface area contributed by atoms with Gasteiger partial charge in [-0.2, -0.15) is 5.10 Å². The third-order valence-corrected chi connectivity index (χ3v) is 2.15. The van der Waals surface area contributed by atoms with Crippen molar-refractivity contribution in [2.24, 2.45) is 5.73 Å². The van der Waals surface area contributed by atoms with E-state index in [1.54, 1.807) is 11.8 Å². The summed E-state index contributed by atoms with van der Waals surface area (Å²) in [4.78, 5) is 0. The minimum absolute atomic E-state index is 0.413. The molecule has 2 N–H and O–H groups in total. The third kappa shape index (κ3) is 1.85. The van der Waals surface area contributed by atoms with Gasteiger partial charge in [0.2, 0.25) is 5.88 Å². The van der Waals surface area contributed by atoms with Crippen molar-refractivity contribution >= 4 is 0 Å². The number of aromatic nitrogens is 2. The molecule has 1 aromatic heterocycles. The van der Waals surface area contributed by atoms with Gasteiger partial charge in [0.05, 0.1) is 18.5 Å². The van der Waals surface area contributed by atoms with Gasteiger partial charge in [-0.25, -0.2) is 4.68 Å². The van der Waals surface area contributed by atoms with Gasteiger partial charge in [0.25, 0.3) is 0 Å². The summed E-state index contributed by atoms with van der Waals surface area (Å²) >= 11 is 0. The summed E-state index contributed by atoms with van der Waals surface area (Å²) < 4.78 is 6.97. The van der Waals surface area contributed by atoms with E-state index in [0.29, 0.717) is 12.4 Å². The topological polar surface area (TPSA) is 53.1 Å². The number of hydrogen-bond acceptors (Lipinski definition) is 3. The molecule has 0 bridgehead atoms. The van der Waals surface area contributed by atoms with E-state index in [0.717, 1.165) is 11.4 Å². The molecule has 4 nitrogen and oxygen atoms in total. The predicted octanol–water partition coefficient (Wildman–Crippen LogP) is 1.34. The molecule has 4 heteroatoms. The van der Waals surface area contributed by atoms with Crippen LogP contribution >= 0.6 is 0 Å². The highest BCUT2D eigenvalue weighted by Crippen LogP contribution is 2.18. The summed E-state index contributed by atoms with van der Waals surface area (Å²) in [7, 11) is 1.62. The maximum Gasteiger partial charge on any atom is 0.216 e. The Kier molecular flexibility index (Phi) is 2.69. The van der Waals surface area contributed by atoms with Crippen LogP contribution in [-0.4, -0.2) is 16.9 Å². The Balaban J connectivity index is 2.47. The van der Waals surface area contributed by atoms with Crippen LogP contribution in [0.3, 0.4) is 0 Å². The molecule has 78 valence electrons. The summed E-state index contributed by atoms with van der Waals surface area (Å²) in [5.41, 5.74) is 7.32. The lowest BCUT2D eigenvalue weighted by Crippen LogP contribution is -2.01. The Morgan fingerprint density at radius 3 is 2.67 bits per heavy atom. The molecule has 0 unspecified atom stereocenters. The maximum absolute atomic E-state index is 5.53. The van der Waals surface area contributed by atoms with Crippen molar-refractivity contribution in [2.75, 3.05) is 7.11 Å². The fourth-order valence-electron chi connectivity index (χ4n) is 1.41. The summed E-state index contributed by atoms with van der Waals surface area (Å²) in [6.45, 7) is 0.413. The second-order valence-electron chi connectivity index (χ2n) is 3.13. The first-order chi connectivity index (χ1) is 7.35. The van der Waals surface area contributed by atoms with Crippen LogP contribution < -0.4 is 10.5 Å².